The van der Waals surface area contributed by atoms with Crippen LogP contribution in [0.2, 0.25) is 0 Å². The molecule has 1 saturated heterocycles. The highest BCUT2D eigenvalue weighted by Gasteiger charge is 2.35. The first-order chi connectivity index (χ1) is 13.1. The first-order valence-electron chi connectivity index (χ1n) is 9.24. The van der Waals surface area contributed by atoms with Crippen molar-refractivity contribution in [3.8, 4) is 11.4 Å². The fourth-order valence-corrected chi connectivity index (χ4v) is 3.39. The minimum atomic E-state index is -0.416. The Balaban J connectivity index is 1.68. The zero-order valence-electron chi connectivity index (χ0n) is 16.0. The van der Waals surface area contributed by atoms with Gasteiger partial charge in [0.25, 0.3) is 0 Å². The molecular formula is C20H24N6O. The standard InChI is InChI=1S/C20H24N6O/c1-4-17-11-18(24-19(23-17)15-5-7-21-8-6-15)26-9-10-27-20(2,14-26)16-12-22-25(3)13-16/h5-8,11-13H,4,9-10,14H2,1-3H3. The summed E-state index contributed by atoms with van der Waals surface area (Å²) in [5.41, 5.74) is 2.67. The van der Waals surface area contributed by atoms with Gasteiger partial charge >= 0.3 is 0 Å². The van der Waals surface area contributed by atoms with Crippen molar-refractivity contribution < 1.29 is 4.74 Å². The van der Waals surface area contributed by atoms with Gasteiger partial charge in [-0.05, 0) is 25.5 Å². The van der Waals surface area contributed by atoms with Gasteiger partial charge in [-0.25, -0.2) is 9.97 Å². The monoisotopic (exact) mass is 364 g/mol. The van der Waals surface area contributed by atoms with E-state index in [1.165, 1.54) is 0 Å². The Bertz CT molecular complexity index is 925. The van der Waals surface area contributed by atoms with Crippen LogP contribution >= 0.6 is 0 Å². The predicted octanol–water partition coefficient (Wildman–Crippen LogP) is 2.59. The van der Waals surface area contributed by atoms with Crippen LogP contribution in [0.4, 0.5) is 5.82 Å². The van der Waals surface area contributed by atoms with Crippen LogP contribution in [0.3, 0.4) is 0 Å². The van der Waals surface area contributed by atoms with Crippen LogP contribution in [0.1, 0.15) is 25.1 Å². The third-order valence-electron chi connectivity index (χ3n) is 4.98. The zero-order chi connectivity index (χ0) is 18.9. The lowest BCUT2D eigenvalue weighted by Gasteiger charge is -2.40. The van der Waals surface area contributed by atoms with Crippen molar-refractivity contribution in [2.45, 2.75) is 25.9 Å². The van der Waals surface area contributed by atoms with E-state index in [4.69, 9.17) is 14.7 Å². The molecule has 0 radical (unpaired) electrons. The number of hydrogen-bond donors (Lipinski definition) is 0. The van der Waals surface area contributed by atoms with Crippen LogP contribution in [0.25, 0.3) is 11.4 Å². The summed E-state index contributed by atoms with van der Waals surface area (Å²) >= 11 is 0. The van der Waals surface area contributed by atoms with Gasteiger partial charge in [0.05, 0.1) is 19.3 Å². The van der Waals surface area contributed by atoms with E-state index in [9.17, 15) is 0 Å². The molecule has 1 aliphatic heterocycles. The average Bonchev–Trinajstić information content (AvgIpc) is 3.15. The highest BCUT2D eigenvalue weighted by Crippen LogP contribution is 2.31. The molecule has 7 heteroatoms. The Labute approximate surface area is 159 Å². The summed E-state index contributed by atoms with van der Waals surface area (Å²) in [5, 5.41) is 4.30. The number of rotatable bonds is 4. The Morgan fingerprint density at radius 1 is 1.22 bits per heavy atom. The van der Waals surface area contributed by atoms with Gasteiger partial charge < -0.3 is 9.64 Å². The Morgan fingerprint density at radius 2 is 2.04 bits per heavy atom. The van der Waals surface area contributed by atoms with E-state index >= 15 is 0 Å². The average molecular weight is 364 g/mol. The van der Waals surface area contributed by atoms with Crippen molar-refractivity contribution in [1.29, 1.82) is 0 Å². The van der Waals surface area contributed by atoms with Crippen molar-refractivity contribution in [2.24, 2.45) is 7.05 Å². The van der Waals surface area contributed by atoms with E-state index in [1.807, 2.05) is 36.3 Å². The molecule has 140 valence electrons. The van der Waals surface area contributed by atoms with Gasteiger partial charge in [0.2, 0.25) is 0 Å². The smallest absolute Gasteiger partial charge is 0.161 e. The summed E-state index contributed by atoms with van der Waals surface area (Å²) in [6, 6.07) is 5.97. The molecule has 0 N–H and O–H groups in total. The maximum absolute atomic E-state index is 6.14. The second kappa shape index (κ2) is 7.08. The highest BCUT2D eigenvalue weighted by molar-refractivity contribution is 5.57. The van der Waals surface area contributed by atoms with Crippen molar-refractivity contribution in [1.82, 2.24) is 24.7 Å². The lowest BCUT2D eigenvalue weighted by atomic mass is 9.97. The van der Waals surface area contributed by atoms with Crippen LogP contribution < -0.4 is 4.90 Å². The number of anilines is 1. The molecule has 7 nitrogen and oxygen atoms in total. The highest BCUT2D eigenvalue weighted by atomic mass is 16.5. The van der Waals surface area contributed by atoms with E-state index in [2.05, 4.69) is 34.9 Å². The topological polar surface area (TPSA) is 69.0 Å². The zero-order valence-corrected chi connectivity index (χ0v) is 16.0. The van der Waals surface area contributed by atoms with Crippen molar-refractivity contribution in [3.05, 3.63) is 54.2 Å². The number of aryl methyl sites for hydroxylation is 2. The van der Waals surface area contributed by atoms with Gasteiger partial charge in [-0.2, -0.15) is 5.10 Å². The maximum Gasteiger partial charge on any atom is 0.161 e. The SMILES string of the molecule is CCc1cc(N2CCOC(C)(c3cnn(C)c3)C2)nc(-c2ccncc2)n1. The van der Waals surface area contributed by atoms with Gasteiger partial charge in [0.1, 0.15) is 11.4 Å². The van der Waals surface area contributed by atoms with E-state index in [0.717, 1.165) is 41.4 Å². The van der Waals surface area contributed by atoms with Crippen molar-refractivity contribution >= 4 is 5.82 Å². The fraction of sp³-hybridized carbons (Fsp3) is 0.400. The quantitative estimate of drug-likeness (QED) is 0.709. The molecule has 0 bridgehead atoms. The molecule has 0 amide bonds. The molecule has 4 heterocycles. The summed E-state index contributed by atoms with van der Waals surface area (Å²) in [7, 11) is 1.92. The van der Waals surface area contributed by atoms with Crippen LogP contribution in [0.5, 0.6) is 0 Å². The first kappa shape index (κ1) is 17.6. The molecule has 27 heavy (non-hydrogen) atoms. The molecule has 3 aromatic rings. The molecule has 3 aromatic heterocycles. The lowest BCUT2D eigenvalue weighted by molar-refractivity contribution is -0.0468. The van der Waals surface area contributed by atoms with E-state index < -0.39 is 5.60 Å². The second-order valence-electron chi connectivity index (χ2n) is 7.03. The summed E-state index contributed by atoms with van der Waals surface area (Å²) in [5.74, 6) is 1.67. The minimum absolute atomic E-state index is 0.416. The Hall–Kier alpha value is -2.80. The summed E-state index contributed by atoms with van der Waals surface area (Å²) in [6.45, 7) is 6.38. The largest absolute Gasteiger partial charge is 0.367 e. The number of ether oxygens (including phenoxy) is 1. The normalized spacial score (nSPS) is 20.0. The van der Waals surface area contributed by atoms with Gasteiger partial charge in [0.15, 0.2) is 5.82 Å². The Kier molecular flexibility index (Phi) is 4.61. The molecule has 1 unspecified atom stereocenters. The van der Waals surface area contributed by atoms with E-state index in [-0.39, 0.29) is 0 Å². The van der Waals surface area contributed by atoms with Gasteiger partial charge in [-0.15, -0.1) is 0 Å². The van der Waals surface area contributed by atoms with Crippen LogP contribution in [0, 0.1) is 0 Å². The van der Waals surface area contributed by atoms with E-state index in [0.29, 0.717) is 13.2 Å². The van der Waals surface area contributed by atoms with Gasteiger partial charge in [0, 0.05) is 55.1 Å². The third-order valence-corrected chi connectivity index (χ3v) is 4.98. The summed E-state index contributed by atoms with van der Waals surface area (Å²) < 4.78 is 7.95. The number of morpholine rings is 1. The Morgan fingerprint density at radius 3 is 2.74 bits per heavy atom. The summed E-state index contributed by atoms with van der Waals surface area (Å²) in [6.07, 6.45) is 8.29. The fourth-order valence-electron chi connectivity index (χ4n) is 3.39. The minimum Gasteiger partial charge on any atom is -0.367 e. The first-order valence-corrected chi connectivity index (χ1v) is 9.24. The van der Waals surface area contributed by atoms with Crippen LogP contribution in [-0.2, 0) is 23.8 Å². The number of aromatic nitrogens is 5. The number of pyridine rings is 1. The van der Waals surface area contributed by atoms with E-state index in [1.54, 1.807) is 12.4 Å². The van der Waals surface area contributed by atoms with Gasteiger partial charge in [-0.3, -0.25) is 9.67 Å². The third kappa shape index (κ3) is 3.55. The van der Waals surface area contributed by atoms with Gasteiger partial charge in [-0.1, -0.05) is 6.92 Å². The predicted molar refractivity (Wildman–Crippen MR) is 103 cm³/mol. The number of nitrogens with zero attached hydrogens (tertiary/aromatic N) is 6. The molecule has 4 rings (SSSR count). The lowest BCUT2D eigenvalue weighted by Crippen LogP contribution is -2.48. The molecule has 0 spiro atoms. The van der Waals surface area contributed by atoms with Crippen LogP contribution in [0.15, 0.2) is 43.0 Å². The molecule has 1 fully saturated rings. The van der Waals surface area contributed by atoms with Crippen LogP contribution in [-0.4, -0.2) is 44.4 Å². The molecule has 1 atom stereocenters. The van der Waals surface area contributed by atoms with Crippen molar-refractivity contribution in [3.63, 3.8) is 0 Å². The number of hydrogen-bond acceptors (Lipinski definition) is 6. The maximum atomic E-state index is 6.14. The molecular weight excluding hydrogens is 340 g/mol. The second-order valence-corrected chi connectivity index (χ2v) is 7.03. The molecule has 0 aromatic carbocycles. The molecule has 0 aliphatic carbocycles. The molecule has 1 aliphatic rings. The summed E-state index contributed by atoms with van der Waals surface area (Å²) in [4.78, 5) is 15.9. The van der Waals surface area contributed by atoms with Crippen molar-refractivity contribution in [2.75, 3.05) is 24.6 Å². The molecule has 0 saturated carbocycles.